The smallest absolute Gasteiger partial charge is 0.243 e. The van der Waals surface area contributed by atoms with E-state index in [9.17, 15) is 4.79 Å². The fourth-order valence-corrected chi connectivity index (χ4v) is 2.41. The zero-order chi connectivity index (χ0) is 17.4. The molecule has 0 aliphatic rings. The first kappa shape index (κ1) is 18.1. The number of hydrogen-bond acceptors (Lipinski definition) is 4. The van der Waals surface area contributed by atoms with Gasteiger partial charge in [-0.1, -0.05) is 64.3 Å². The first-order valence-electron chi connectivity index (χ1n) is 8.75. The van der Waals surface area contributed by atoms with Crippen LogP contribution in [0.5, 0.6) is 0 Å². The van der Waals surface area contributed by atoms with Crippen molar-refractivity contribution in [1.82, 2.24) is 25.5 Å². The zero-order valence-corrected chi connectivity index (χ0v) is 14.8. The average molecular weight is 329 g/mol. The summed E-state index contributed by atoms with van der Waals surface area (Å²) in [6.07, 6.45) is 4.56. The highest BCUT2D eigenvalue weighted by Crippen LogP contribution is 2.19. The highest BCUT2D eigenvalue weighted by molar-refractivity contribution is 5.75. The Hall–Kier alpha value is -2.24. The number of nitrogens with one attached hydrogen (secondary N) is 1. The van der Waals surface area contributed by atoms with Gasteiger partial charge in [0.15, 0.2) is 0 Å². The molecule has 2 aromatic rings. The Labute approximate surface area is 143 Å². The standard InChI is InChI=1S/C18H27N5O/c1-4-5-6-7-12-19-17(24)13-23-21-18(20-22-23)16-10-8-15(9-11-16)14(2)3/h8-11,14H,4-7,12-13H2,1-3H3,(H,19,24). The van der Waals surface area contributed by atoms with Crippen molar-refractivity contribution in [2.75, 3.05) is 6.54 Å². The van der Waals surface area contributed by atoms with Crippen LogP contribution in [0.4, 0.5) is 0 Å². The summed E-state index contributed by atoms with van der Waals surface area (Å²) in [7, 11) is 0. The van der Waals surface area contributed by atoms with Crippen molar-refractivity contribution < 1.29 is 4.79 Å². The highest BCUT2D eigenvalue weighted by Gasteiger charge is 2.09. The molecule has 0 aliphatic carbocycles. The maximum atomic E-state index is 11.9. The third kappa shape index (κ3) is 5.44. The fraction of sp³-hybridized carbons (Fsp3) is 0.556. The molecular weight excluding hydrogens is 302 g/mol. The number of carbonyl (C=O) groups is 1. The molecular formula is C18H27N5O. The summed E-state index contributed by atoms with van der Waals surface area (Å²) in [5.74, 6) is 0.954. The average Bonchev–Trinajstić information content (AvgIpc) is 3.03. The SMILES string of the molecule is CCCCCCNC(=O)Cn1nnc(-c2ccc(C(C)C)cc2)n1. The minimum atomic E-state index is -0.0781. The van der Waals surface area contributed by atoms with Gasteiger partial charge in [-0.2, -0.15) is 4.80 Å². The van der Waals surface area contributed by atoms with Crippen LogP contribution in [0.2, 0.25) is 0 Å². The van der Waals surface area contributed by atoms with E-state index in [1.54, 1.807) is 0 Å². The molecule has 1 aromatic heterocycles. The maximum absolute atomic E-state index is 11.9. The van der Waals surface area contributed by atoms with E-state index in [1.807, 2.05) is 12.1 Å². The molecule has 0 radical (unpaired) electrons. The lowest BCUT2D eigenvalue weighted by Crippen LogP contribution is -2.29. The molecule has 1 heterocycles. The van der Waals surface area contributed by atoms with Crippen LogP contribution in [0.3, 0.4) is 0 Å². The van der Waals surface area contributed by atoms with Gasteiger partial charge in [0.05, 0.1) is 0 Å². The molecule has 130 valence electrons. The van der Waals surface area contributed by atoms with Crippen molar-refractivity contribution in [3.63, 3.8) is 0 Å². The second-order valence-corrected chi connectivity index (χ2v) is 6.33. The van der Waals surface area contributed by atoms with Crippen LogP contribution in [0.1, 0.15) is 57.9 Å². The number of rotatable bonds is 9. The van der Waals surface area contributed by atoms with Gasteiger partial charge in [0, 0.05) is 12.1 Å². The van der Waals surface area contributed by atoms with Crippen molar-refractivity contribution >= 4 is 5.91 Å². The van der Waals surface area contributed by atoms with E-state index in [4.69, 9.17) is 0 Å². The van der Waals surface area contributed by atoms with Gasteiger partial charge in [-0.05, 0) is 23.1 Å². The number of aromatic nitrogens is 4. The van der Waals surface area contributed by atoms with Gasteiger partial charge in [-0.25, -0.2) is 0 Å². The Morgan fingerprint density at radius 3 is 2.58 bits per heavy atom. The summed E-state index contributed by atoms with van der Waals surface area (Å²) < 4.78 is 0. The third-order valence-corrected chi connectivity index (χ3v) is 3.93. The van der Waals surface area contributed by atoms with Crippen LogP contribution in [-0.2, 0) is 11.3 Å². The molecule has 6 nitrogen and oxygen atoms in total. The quantitative estimate of drug-likeness (QED) is 0.717. The molecule has 0 saturated heterocycles. The number of hydrogen-bond donors (Lipinski definition) is 1. The van der Waals surface area contributed by atoms with Crippen LogP contribution < -0.4 is 5.32 Å². The van der Waals surface area contributed by atoms with E-state index in [2.05, 4.69) is 53.6 Å². The summed E-state index contributed by atoms with van der Waals surface area (Å²) in [6.45, 7) is 7.29. The second-order valence-electron chi connectivity index (χ2n) is 6.33. The summed E-state index contributed by atoms with van der Waals surface area (Å²) in [5, 5.41) is 15.2. The Morgan fingerprint density at radius 1 is 1.17 bits per heavy atom. The number of tetrazole rings is 1. The molecule has 1 N–H and O–H groups in total. The molecule has 2 rings (SSSR count). The molecule has 24 heavy (non-hydrogen) atoms. The topological polar surface area (TPSA) is 72.7 Å². The lowest BCUT2D eigenvalue weighted by Gasteiger charge is -2.05. The molecule has 0 aliphatic heterocycles. The molecule has 0 saturated carbocycles. The Balaban J connectivity index is 1.85. The van der Waals surface area contributed by atoms with E-state index in [1.165, 1.54) is 23.2 Å². The van der Waals surface area contributed by atoms with Crippen molar-refractivity contribution in [1.29, 1.82) is 0 Å². The molecule has 0 spiro atoms. The summed E-state index contributed by atoms with van der Waals surface area (Å²) in [4.78, 5) is 13.2. The largest absolute Gasteiger partial charge is 0.354 e. The minimum Gasteiger partial charge on any atom is -0.354 e. The molecule has 1 aromatic carbocycles. The van der Waals surface area contributed by atoms with Crippen molar-refractivity contribution in [3.05, 3.63) is 29.8 Å². The lowest BCUT2D eigenvalue weighted by atomic mass is 10.0. The van der Waals surface area contributed by atoms with E-state index < -0.39 is 0 Å². The fourth-order valence-electron chi connectivity index (χ4n) is 2.41. The Kier molecular flexibility index (Phi) is 6.90. The molecule has 0 unspecified atom stereocenters. The van der Waals surface area contributed by atoms with Crippen molar-refractivity contribution in [3.8, 4) is 11.4 Å². The van der Waals surface area contributed by atoms with Crippen LogP contribution in [0, 0.1) is 0 Å². The first-order chi connectivity index (χ1) is 11.6. The number of carbonyl (C=O) groups excluding carboxylic acids is 1. The summed E-state index contributed by atoms with van der Waals surface area (Å²) >= 11 is 0. The van der Waals surface area contributed by atoms with Crippen LogP contribution in [0.25, 0.3) is 11.4 Å². The van der Waals surface area contributed by atoms with Gasteiger partial charge in [-0.15, -0.1) is 10.2 Å². The Bertz CT molecular complexity index is 633. The second kappa shape index (κ2) is 9.15. The van der Waals surface area contributed by atoms with Crippen LogP contribution in [-0.4, -0.2) is 32.7 Å². The van der Waals surface area contributed by atoms with Crippen molar-refractivity contribution in [2.24, 2.45) is 0 Å². The predicted molar refractivity (Wildman–Crippen MR) is 94.5 cm³/mol. The summed E-state index contributed by atoms with van der Waals surface area (Å²) in [6, 6.07) is 8.13. The van der Waals surface area contributed by atoms with Gasteiger partial charge < -0.3 is 5.32 Å². The van der Waals surface area contributed by atoms with Gasteiger partial charge in [-0.3, -0.25) is 4.79 Å². The normalized spacial score (nSPS) is 11.0. The number of amides is 1. The van der Waals surface area contributed by atoms with Gasteiger partial charge >= 0.3 is 0 Å². The minimum absolute atomic E-state index is 0.0781. The van der Waals surface area contributed by atoms with E-state index >= 15 is 0 Å². The van der Waals surface area contributed by atoms with E-state index in [0.717, 1.165) is 18.4 Å². The lowest BCUT2D eigenvalue weighted by molar-refractivity contribution is -0.122. The van der Waals surface area contributed by atoms with Crippen LogP contribution >= 0.6 is 0 Å². The molecule has 0 bridgehead atoms. The van der Waals surface area contributed by atoms with Gasteiger partial charge in [0.2, 0.25) is 11.7 Å². The number of benzene rings is 1. The molecule has 0 fully saturated rings. The predicted octanol–water partition coefficient (Wildman–Crippen LogP) is 3.16. The number of nitrogens with zero attached hydrogens (tertiary/aromatic N) is 4. The van der Waals surface area contributed by atoms with Gasteiger partial charge in [0.1, 0.15) is 6.54 Å². The maximum Gasteiger partial charge on any atom is 0.243 e. The molecule has 0 atom stereocenters. The zero-order valence-electron chi connectivity index (χ0n) is 14.8. The molecule has 1 amide bonds. The van der Waals surface area contributed by atoms with Gasteiger partial charge in [0.25, 0.3) is 0 Å². The first-order valence-corrected chi connectivity index (χ1v) is 8.75. The number of unbranched alkanes of at least 4 members (excludes halogenated alkanes) is 3. The third-order valence-electron chi connectivity index (χ3n) is 3.93. The van der Waals surface area contributed by atoms with E-state index in [0.29, 0.717) is 18.3 Å². The van der Waals surface area contributed by atoms with E-state index in [-0.39, 0.29) is 12.5 Å². The summed E-state index contributed by atoms with van der Waals surface area (Å²) in [5.41, 5.74) is 2.18. The monoisotopic (exact) mass is 329 g/mol. The van der Waals surface area contributed by atoms with Crippen LogP contribution in [0.15, 0.2) is 24.3 Å². The van der Waals surface area contributed by atoms with Crippen molar-refractivity contribution in [2.45, 2.75) is 58.9 Å². The molecule has 6 heteroatoms. The Morgan fingerprint density at radius 2 is 1.92 bits per heavy atom. The highest BCUT2D eigenvalue weighted by atomic mass is 16.2.